The van der Waals surface area contributed by atoms with Crippen molar-refractivity contribution in [3.63, 3.8) is 0 Å². The molecular weight excluding hydrogens is 278 g/mol. The molecule has 0 heterocycles. The second-order valence-corrected chi connectivity index (χ2v) is 5.52. The maximum absolute atomic E-state index is 10.6. The van der Waals surface area contributed by atoms with Crippen molar-refractivity contribution in [2.45, 2.75) is 59.0 Å². The highest BCUT2D eigenvalue weighted by atomic mass is 16.4. The minimum absolute atomic E-state index is 0.121. The molecule has 0 bridgehead atoms. The van der Waals surface area contributed by atoms with Crippen LogP contribution in [0, 0.1) is 5.92 Å². The Bertz CT molecular complexity index is 416. The van der Waals surface area contributed by atoms with Crippen LogP contribution in [0.3, 0.4) is 0 Å². The van der Waals surface area contributed by atoms with Crippen molar-refractivity contribution >= 4 is 12.0 Å². The van der Waals surface area contributed by atoms with Gasteiger partial charge in [-0.1, -0.05) is 50.1 Å². The molecule has 0 aromatic heterocycles. The lowest BCUT2D eigenvalue weighted by Crippen LogP contribution is -2.07. The highest BCUT2D eigenvalue weighted by Crippen LogP contribution is 2.14. The number of hydrogen-bond acceptors (Lipinski definition) is 4. The summed E-state index contributed by atoms with van der Waals surface area (Å²) in [6.07, 6.45) is 6.37. The number of hydrogen-bond donors (Lipinski definition) is 2. The molecule has 0 spiro atoms. The van der Waals surface area contributed by atoms with Crippen LogP contribution < -0.4 is 0 Å². The summed E-state index contributed by atoms with van der Waals surface area (Å²) in [5.41, 5.74) is 0.775. The SMILES string of the molecule is CC(=O)c1ccccc1.CCCCC(C=NO)CCC(C)O. The van der Waals surface area contributed by atoms with Crippen LogP contribution in [0.4, 0.5) is 0 Å². The molecular formula is C18H29NO3. The number of nitrogens with zero attached hydrogens (tertiary/aromatic N) is 1. The van der Waals surface area contributed by atoms with Gasteiger partial charge < -0.3 is 10.3 Å². The van der Waals surface area contributed by atoms with E-state index >= 15 is 0 Å². The van der Waals surface area contributed by atoms with Gasteiger partial charge in [-0.05, 0) is 39.0 Å². The van der Waals surface area contributed by atoms with E-state index in [4.69, 9.17) is 10.3 Å². The van der Waals surface area contributed by atoms with E-state index in [2.05, 4.69) is 12.1 Å². The van der Waals surface area contributed by atoms with Gasteiger partial charge in [0.05, 0.1) is 6.10 Å². The van der Waals surface area contributed by atoms with Gasteiger partial charge in [-0.2, -0.15) is 0 Å². The minimum Gasteiger partial charge on any atom is -0.411 e. The van der Waals surface area contributed by atoms with Crippen molar-refractivity contribution in [3.05, 3.63) is 35.9 Å². The van der Waals surface area contributed by atoms with Gasteiger partial charge in [0.15, 0.2) is 5.78 Å². The first-order chi connectivity index (χ1) is 10.5. The maximum atomic E-state index is 10.6. The monoisotopic (exact) mass is 307 g/mol. The van der Waals surface area contributed by atoms with E-state index in [0.717, 1.165) is 37.7 Å². The number of carbonyl (C=O) groups is 1. The van der Waals surface area contributed by atoms with Crippen LogP contribution >= 0.6 is 0 Å². The number of aliphatic hydroxyl groups is 1. The maximum Gasteiger partial charge on any atom is 0.159 e. The molecule has 4 heteroatoms. The predicted octanol–water partition coefficient (Wildman–Crippen LogP) is 4.30. The minimum atomic E-state index is -0.254. The third-order valence-corrected chi connectivity index (χ3v) is 3.34. The number of oxime groups is 1. The first-order valence-electron chi connectivity index (χ1n) is 7.92. The summed E-state index contributed by atoms with van der Waals surface area (Å²) in [7, 11) is 0. The van der Waals surface area contributed by atoms with Crippen molar-refractivity contribution in [3.8, 4) is 0 Å². The molecule has 0 saturated carbocycles. The van der Waals surface area contributed by atoms with Crippen LogP contribution in [0.5, 0.6) is 0 Å². The molecule has 2 N–H and O–H groups in total. The van der Waals surface area contributed by atoms with Gasteiger partial charge in [0, 0.05) is 11.8 Å². The van der Waals surface area contributed by atoms with Crippen LogP contribution in [-0.2, 0) is 0 Å². The van der Waals surface area contributed by atoms with Gasteiger partial charge in [-0.25, -0.2) is 0 Å². The molecule has 0 aliphatic carbocycles. The van der Waals surface area contributed by atoms with Crippen molar-refractivity contribution < 1.29 is 15.1 Å². The van der Waals surface area contributed by atoms with E-state index in [1.807, 2.05) is 30.3 Å². The number of ketones is 1. The Morgan fingerprint density at radius 1 is 1.23 bits per heavy atom. The molecule has 22 heavy (non-hydrogen) atoms. The van der Waals surface area contributed by atoms with Crippen LogP contribution in [0.25, 0.3) is 0 Å². The number of unbranched alkanes of at least 4 members (excludes halogenated alkanes) is 1. The highest BCUT2D eigenvalue weighted by Gasteiger charge is 2.07. The summed E-state index contributed by atoms with van der Waals surface area (Å²) >= 11 is 0. The molecule has 2 unspecified atom stereocenters. The molecule has 1 aromatic carbocycles. The molecule has 0 aliphatic rings. The molecule has 0 aliphatic heterocycles. The number of aliphatic hydroxyl groups excluding tert-OH is 1. The van der Waals surface area contributed by atoms with Crippen molar-refractivity contribution in [2.24, 2.45) is 11.1 Å². The number of Topliss-reactive ketones (excluding diaryl/α,β-unsaturated/α-hetero) is 1. The van der Waals surface area contributed by atoms with Gasteiger partial charge in [0.2, 0.25) is 0 Å². The number of benzene rings is 1. The molecule has 2 atom stereocenters. The molecule has 124 valence electrons. The van der Waals surface area contributed by atoms with Gasteiger partial charge in [-0.15, -0.1) is 5.16 Å². The standard InChI is InChI=1S/C10H21NO2.C8H8O/c1-3-4-5-10(8-11-13)7-6-9(2)12;1-7(9)8-5-3-2-4-6-8/h8-10,12-13H,3-7H2,1-2H3;2-6H,1H3. The fraction of sp³-hybridized carbons (Fsp3) is 0.556. The lowest BCUT2D eigenvalue weighted by molar-refractivity contribution is 0.101. The molecule has 1 rings (SSSR count). The smallest absolute Gasteiger partial charge is 0.159 e. The first-order valence-corrected chi connectivity index (χ1v) is 7.92. The fourth-order valence-corrected chi connectivity index (χ4v) is 1.98. The Hall–Kier alpha value is -1.68. The summed E-state index contributed by atoms with van der Waals surface area (Å²) in [4.78, 5) is 10.6. The molecule has 0 saturated heterocycles. The van der Waals surface area contributed by atoms with Crippen LogP contribution in [0.1, 0.15) is 63.2 Å². The molecule has 0 radical (unpaired) electrons. The third-order valence-electron chi connectivity index (χ3n) is 3.34. The van der Waals surface area contributed by atoms with E-state index < -0.39 is 0 Å². The van der Waals surface area contributed by atoms with E-state index in [9.17, 15) is 4.79 Å². The zero-order chi connectivity index (χ0) is 16.8. The van der Waals surface area contributed by atoms with Gasteiger partial charge in [0.25, 0.3) is 0 Å². The summed E-state index contributed by atoms with van der Waals surface area (Å²) < 4.78 is 0. The molecule has 4 nitrogen and oxygen atoms in total. The van der Waals surface area contributed by atoms with E-state index in [1.165, 1.54) is 0 Å². The number of carbonyl (C=O) groups excluding carboxylic acids is 1. The van der Waals surface area contributed by atoms with Crippen LogP contribution in [0.15, 0.2) is 35.5 Å². The Balaban J connectivity index is 0.000000425. The average Bonchev–Trinajstić information content (AvgIpc) is 2.51. The third kappa shape index (κ3) is 11.0. The zero-order valence-electron chi connectivity index (χ0n) is 13.9. The normalized spacial score (nSPS) is 13.3. The van der Waals surface area contributed by atoms with Crippen molar-refractivity contribution in [1.29, 1.82) is 0 Å². The van der Waals surface area contributed by atoms with Gasteiger partial charge in [0.1, 0.15) is 0 Å². The van der Waals surface area contributed by atoms with E-state index in [1.54, 1.807) is 20.1 Å². The Morgan fingerprint density at radius 2 is 1.86 bits per heavy atom. The Kier molecular flexibility index (Phi) is 12.0. The summed E-state index contributed by atoms with van der Waals surface area (Å²) in [6, 6.07) is 9.23. The lowest BCUT2D eigenvalue weighted by Gasteiger charge is -2.11. The predicted molar refractivity (Wildman–Crippen MR) is 90.7 cm³/mol. The van der Waals surface area contributed by atoms with Crippen LogP contribution in [-0.4, -0.2) is 28.4 Å². The molecule has 1 aromatic rings. The van der Waals surface area contributed by atoms with E-state index in [-0.39, 0.29) is 11.9 Å². The molecule has 0 amide bonds. The fourth-order valence-electron chi connectivity index (χ4n) is 1.98. The topological polar surface area (TPSA) is 69.9 Å². The second kappa shape index (κ2) is 13.0. The zero-order valence-corrected chi connectivity index (χ0v) is 13.9. The van der Waals surface area contributed by atoms with Crippen molar-refractivity contribution in [2.75, 3.05) is 0 Å². The lowest BCUT2D eigenvalue weighted by atomic mass is 9.97. The number of rotatable bonds is 8. The molecule has 0 fully saturated rings. The quantitative estimate of drug-likeness (QED) is 0.325. The van der Waals surface area contributed by atoms with Crippen LogP contribution in [0.2, 0.25) is 0 Å². The second-order valence-electron chi connectivity index (χ2n) is 5.52. The Labute approximate surface area is 133 Å². The first kappa shape index (κ1) is 20.3. The van der Waals surface area contributed by atoms with E-state index in [0.29, 0.717) is 5.92 Å². The van der Waals surface area contributed by atoms with Gasteiger partial charge >= 0.3 is 0 Å². The Morgan fingerprint density at radius 3 is 2.27 bits per heavy atom. The highest BCUT2D eigenvalue weighted by molar-refractivity contribution is 5.93. The summed E-state index contributed by atoms with van der Waals surface area (Å²) in [6.45, 7) is 5.49. The van der Waals surface area contributed by atoms with Crippen molar-refractivity contribution in [1.82, 2.24) is 0 Å². The van der Waals surface area contributed by atoms with Gasteiger partial charge in [-0.3, -0.25) is 4.79 Å². The largest absolute Gasteiger partial charge is 0.411 e. The average molecular weight is 307 g/mol. The summed E-state index contributed by atoms with van der Waals surface area (Å²) in [5, 5.41) is 20.6. The summed E-state index contributed by atoms with van der Waals surface area (Å²) in [5.74, 6) is 0.440.